The van der Waals surface area contributed by atoms with Crippen LogP contribution in [0.25, 0.3) is 0 Å². The van der Waals surface area contributed by atoms with Gasteiger partial charge in [0.05, 0.1) is 19.3 Å². The molecule has 3 rings (SSSR count). The van der Waals surface area contributed by atoms with Crippen molar-refractivity contribution in [3.05, 3.63) is 35.9 Å². The summed E-state index contributed by atoms with van der Waals surface area (Å²) in [5, 5.41) is 7.03. The molecule has 3 unspecified atom stereocenters. The van der Waals surface area contributed by atoms with Gasteiger partial charge in [-0.05, 0) is 32.9 Å². The van der Waals surface area contributed by atoms with E-state index in [-0.39, 0.29) is 6.10 Å². The van der Waals surface area contributed by atoms with Gasteiger partial charge in [0.2, 0.25) is 0 Å². The first-order valence-electron chi connectivity index (χ1n) is 10.3. The second kappa shape index (κ2) is 10.1. The Balaban J connectivity index is 1.52. The monoisotopic (exact) mass is 373 g/mol. The van der Waals surface area contributed by atoms with Gasteiger partial charge in [-0.25, -0.2) is 0 Å². The van der Waals surface area contributed by atoms with Crippen molar-refractivity contribution in [2.45, 2.75) is 45.0 Å². The van der Waals surface area contributed by atoms with Crippen LogP contribution in [0.15, 0.2) is 35.3 Å². The van der Waals surface area contributed by atoms with Crippen LogP contribution < -0.4 is 10.6 Å². The minimum Gasteiger partial charge on any atom is -0.374 e. The number of rotatable bonds is 6. The highest BCUT2D eigenvalue weighted by atomic mass is 16.5. The summed E-state index contributed by atoms with van der Waals surface area (Å²) in [5.74, 6) is 0.910. The van der Waals surface area contributed by atoms with E-state index < -0.39 is 0 Å². The van der Waals surface area contributed by atoms with Crippen LogP contribution in [0.4, 0.5) is 0 Å². The average molecular weight is 374 g/mol. The maximum absolute atomic E-state index is 5.83. The molecule has 2 aliphatic rings. The van der Waals surface area contributed by atoms with E-state index in [1.54, 1.807) is 0 Å². The van der Waals surface area contributed by atoms with E-state index in [2.05, 4.69) is 71.7 Å². The minimum atomic E-state index is 0.191. The molecule has 6 nitrogen and oxygen atoms in total. The molecule has 0 saturated carbocycles. The predicted molar refractivity (Wildman–Crippen MR) is 111 cm³/mol. The fraction of sp³-hybridized carbons (Fsp3) is 0.667. The third-order valence-corrected chi connectivity index (χ3v) is 5.41. The van der Waals surface area contributed by atoms with Crippen molar-refractivity contribution >= 4 is 5.96 Å². The quantitative estimate of drug-likeness (QED) is 0.585. The molecule has 2 heterocycles. The minimum absolute atomic E-state index is 0.191. The zero-order valence-corrected chi connectivity index (χ0v) is 17.0. The lowest BCUT2D eigenvalue weighted by molar-refractivity contribution is -0.0136. The predicted octanol–water partition coefficient (Wildman–Crippen LogP) is 1.54. The van der Waals surface area contributed by atoms with Crippen LogP contribution in [0, 0.1) is 0 Å². The molecular weight excluding hydrogens is 338 g/mol. The summed E-state index contributed by atoms with van der Waals surface area (Å²) in [4.78, 5) is 9.65. The number of morpholine rings is 1. The van der Waals surface area contributed by atoms with Gasteiger partial charge >= 0.3 is 0 Å². The number of ether oxygens (including phenoxy) is 1. The Morgan fingerprint density at radius 3 is 2.81 bits per heavy atom. The summed E-state index contributed by atoms with van der Waals surface area (Å²) in [7, 11) is 2.14. The lowest BCUT2D eigenvalue weighted by Gasteiger charge is -2.29. The zero-order chi connectivity index (χ0) is 19.1. The van der Waals surface area contributed by atoms with E-state index in [0.29, 0.717) is 18.6 Å². The van der Waals surface area contributed by atoms with Crippen molar-refractivity contribution in [1.29, 1.82) is 0 Å². The Morgan fingerprint density at radius 1 is 1.26 bits per heavy atom. The van der Waals surface area contributed by atoms with Crippen LogP contribution in [0.3, 0.4) is 0 Å². The number of benzene rings is 1. The molecule has 0 bridgehead atoms. The average Bonchev–Trinajstić information content (AvgIpc) is 3.00. The standard InChI is InChI=1S/C21H35N5O/c1-4-22-21(23-13-20-16-25(3)10-11-27-20)24-19-12-17(2)26(15-19)14-18-8-6-5-7-9-18/h5-9,17,19-20H,4,10-16H2,1-3H3,(H2,22,23,24). The van der Waals surface area contributed by atoms with Gasteiger partial charge in [0.15, 0.2) is 5.96 Å². The highest BCUT2D eigenvalue weighted by Crippen LogP contribution is 2.20. The van der Waals surface area contributed by atoms with Crippen molar-refractivity contribution < 1.29 is 4.74 Å². The van der Waals surface area contributed by atoms with Crippen molar-refractivity contribution in [3.63, 3.8) is 0 Å². The molecule has 0 amide bonds. The zero-order valence-electron chi connectivity index (χ0n) is 17.0. The summed E-state index contributed by atoms with van der Waals surface area (Å²) in [6.45, 7) is 10.8. The molecule has 0 radical (unpaired) electrons. The Hall–Kier alpha value is -1.63. The number of likely N-dealkylation sites (N-methyl/N-ethyl adjacent to an activating group) is 1. The van der Waals surface area contributed by atoms with Crippen molar-refractivity contribution in [2.24, 2.45) is 4.99 Å². The maximum Gasteiger partial charge on any atom is 0.191 e. The van der Waals surface area contributed by atoms with Crippen LogP contribution in [0.2, 0.25) is 0 Å². The summed E-state index contributed by atoms with van der Waals surface area (Å²) in [5.41, 5.74) is 1.38. The highest BCUT2D eigenvalue weighted by Gasteiger charge is 2.29. The van der Waals surface area contributed by atoms with E-state index in [9.17, 15) is 0 Å². The number of hydrogen-bond acceptors (Lipinski definition) is 4. The number of guanidine groups is 1. The van der Waals surface area contributed by atoms with Gasteiger partial charge in [0.25, 0.3) is 0 Å². The molecule has 3 atom stereocenters. The molecule has 0 spiro atoms. The van der Waals surface area contributed by atoms with Crippen molar-refractivity contribution in [1.82, 2.24) is 20.4 Å². The van der Waals surface area contributed by atoms with Crippen LogP contribution in [-0.4, -0.2) is 80.3 Å². The van der Waals surface area contributed by atoms with Crippen LogP contribution in [0.5, 0.6) is 0 Å². The third kappa shape index (κ3) is 6.19. The molecule has 2 N–H and O–H groups in total. The Labute approximate surface area is 164 Å². The number of nitrogens with zero attached hydrogens (tertiary/aromatic N) is 3. The molecule has 150 valence electrons. The second-order valence-electron chi connectivity index (χ2n) is 7.82. The summed E-state index contributed by atoms with van der Waals surface area (Å²) in [6.07, 6.45) is 1.33. The molecule has 6 heteroatoms. The Bertz CT molecular complexity index is 593. The van der Waals surface area contributed by atoms with E-state index >= 15 is 0 Å². The third-order valence-electron chi connectivity index (χ3n) is 5.41. The van der Waals surface area contributed by atoms with E-state index in [4.69, 9.17) is 9.73 Å². The SMILES string of the molecule is CCNC(=NCC1CN(C)CCO1)NC1CC(C)N(Cc2ccccc2)C1. The molecular formula is C21H35N5O. The van der Waals surface area contributed by atoms with Crippen molar-refractivity contribution in [2.75, 3.05) is 46.4 Å². The lowest BCUT2D eigenvalue weighted by atomic mass is 10.2. The van der Waals surface area contributed by atoms with Gasteiger partial charge in [-0.2, -0.15) is 0 Å². The second-order valence-corrected chi connectivity index (χ2v) is 7.82. The van der Waals surface area contributed by atoms with Gasteiger partial charge in [0, 0.05) is 44.8 Å². The molecule has 2 aliphatic heterocycles. The lowest BCUT2D eigenvalue weighted by Crippen LogP contribution is -2.46. The number of hydrogen-bond donors (Lipinski definition) is 2. The molecule has 0 aliphatic carbocycles. The molecule has 1 aromatic rings. The number of likely N-dealkylation sites (tertiary alicyclic amines) is 1. The smallest absolute Gasteiger partial charge is 0.191 e. The number of aliphatic imine (C=N–C) groups is 1. The normalized spacial score (nSPS) is 27.7. The van der Waals surface area contributed by atoms with E-state index in [0.717, 1.165) is 51.7 Å². The van der Waals surface area contributed by atoms with E-state index in [1.165, 1.54) is 5.56 Å². The largest absolute Gasteiger partial charge is 0.374 e. The van der Waals surface area contributed by atoms with Gasteiger partial charge < -0.3 is 20.3 Å². The fourth-order valence-electron chi connectivity index (χ4n) is 3.93. The highest BCUT2D eigenvalue weighted by molar-refractivity contribution is 5.80. The first kappa shape index (κ1) is 20.1. The Kier molecular flexibility index (Phi) is 7.50. The van der Waals surface area contributed by atoms with Gasteiger partial charge in [-0.15, -0.1) is 0 Å². The van der Waals surface area contributed by atoms with Gasteiger partial charge in [0.1, 0.15) is 0 Å². The van der Waals surface area contributed by atoms with Gasteiger partial charge in [-0.1, -0.05) is 30.3 Å². The number of nitrogens with one attached hydrogen (secondary N) is 2. The van der Waals surface area contributed by atoms with Crippen molar-refractivity contribution in [3.8, 4) is 0 Å². The molecule has 0 aromatic heterocycles. The molecule has 27 heavy (non-hydrogen) atoms. The maximum atomic E-state index is 5.83. The van der Waals surface area contributed by atoms with Crippen LogP contribution >= 0.6 is 0 Å². The summed E-state index contributed by atoms with van der Waals surface area (Å²) in [6, 6.07) is 11.7. The van der Waals surface area contributed by atoms with Crippen LogP contribution in [-0.2, 0) is 11.3 Å². The molecule has 1 aromatic carbocycles. The fourth-order valence-corrected chi connectivity index (χ4v) is 3.93. The molecule has 2 saturated heterocycles. The first-order chi connectivity index (χ1) is 13.1. The van der Waals surface area contributed by atoms with Crippen LogP contribution in [0.1, 0.15) is 25.8 Å². The van der Waals surface area contributed by atoms with E-state index in [1.807, 2.05) is 0 Å². The summed E-state index contributed by atoms with van der Waals surface area (Å²) < 4.78 is 5.83. The summed E-state index contributed by atoms with van der Waals surface area (Å²) >= 11 is 0. The Morgan fingerprint density at radius 2 is 2.07 bits per heavy atom. The molecule has 2 fully saturated rings. The van der Waals surface area contributed by atoms with Gasteiger partial charge in [-0.3, -0.25) is 9.89 Å². The first-order valence-corrected chi connectivity index (χ1v) is 10.3. The topological polar surface area (TPSA) is 52.1 Å².